The lowest BCUT2D eigenvalue weighted by Gasteiger charge is -2.40. The van der Waals surface area contributed by atoms with Gasteiger partial charge in [-0.1, -0.05) is 61.0 Å². The molecular weight excluding hydrogens is 714 g/mol. The highest BCUT2D eigenvalue weighted by molar-refractivity contribution is 6.09. The van der Waals surface area contributed by atoms with E-state index in [2.05, 4.69) is 20.7 Å². The standard InChI is InChI=1S/C39H35F4N3O8/c40-27-20-28(41)34(43)35(33(27)42)53-22-31(47)30(21-32(48)49)46-38(52)39(17-8-18-39)37(51)45-29(16-15-23-9-3-1-4-10-23)36(50)44-24-11-7-14-26(19-24)54-25-12-5-2-6-13-25/h1-7,9-14,19-20,29-30H,8,15-18,21-22H2,(H,44,50)(H,45,51)(H,46,52)(H,48,49). The second-order valence-electron chi connectivity index (χ2n) is 12.6. The summed E-state index contributed by atoms with van der Waals surface area (Å²) in [5.41, 5.74) is -0.574. The van der Waals surface area contributed by atoms with Gasteiger partial charge in [0.1, 0.15) is 35.6 Å². The molecule has 0 heterocycles. The Bertz CT molecular complexity index is 1990. The van der Waals surface area contributed by atoms with Crippen LogP contribution in [0, 0.1) is 28.7 Å². The molecule has 0 spiro atoms. The Morgan fingerprint density at radius 1 is 0.741 bits per heavy atom. The van der Waals surface area contributed by atoms with E-state index in [1.54, 1.807) is 48.5 Å². The minimum absolute atomic E-state index is 0.0139. The summed E-state index contributed by atoms with van der Waals surface area (Å²) in [5.74, 6) is -13.3. The molecule has 15 heteroatoms. The van der Waals surface area contributed by atoms with Crippen molar-refractivity contribution >= 4 is 35.2 Å². The minimum Gasteiger partial charge on any atom is -0.481 e. The highest BCUT2D eigenvalue weighted by Crippen LogP contribution is 2.42. The first-order valence-electron chi connectivity index (χ1n) is 16.9. The molecular formula is C39H35F4N3O8. The zero-order valence-corrected chi connectivity index (χ0v) is 28.6. The fourth-order valence-electron chi connectivity index (χ4n) is 5.74. The largest absolute Gasteiger partial charge is 0.481 e. The van der Waals surface area contributed by atoms with Gasteiger partial charge in [-0.3, -0.25) is 24.0 Å². The lowest BCUT2D eigenvalue weighted by Crippen LogP contribution is -2.60. The average Bonchev–Trinajstić information content (AvgIpc) is 3.12. The monoisotopic (exact) mass is 749 g/mol. The number of aliphatic carboxylic acids is 1. The van der Waals surface area contributed by atoms with Gasteiger partial charge >= 0.3 is 5.97 Å². The first kappa shape index (κ1) is 39.0. The van der Waals surface area contributed by atoms with Crippen LogP contribution in [-0.4, -0.2) is 53.3 Å². The third kappa shape index (κ3) is 9.59. The fraction of sp³-hybridized carbons (Fsp3) is 0.256. The van der Waals surface area contributed by atoms with Crippen LogP contribution >= 0.6 is 0 Å². The van der Waals surface area contributed by atoms with Gasteiger partial charge in [0.15, 0.2) is 23.2 Å². The van der Waals surface area contributed by atoms with E-state index in [0.717, 1.165) is 5.56 Å². The molecule has 2 unspecified atom stereocenters. The number of carbonyl (C=O) groups excluding carboxylic acids is 4. The predicted octanol–water partition coefficient (Wildman–Crippen LogP) is 5.87. The number of rotatable bonds is 17. The summed E-state index contributed by atoms with van der Waals surface area (Å²) in [4.78, 5) is 65.9. The molecule has 11 nitrogen and oxygen atoms in total. The number of ether oxygens (including phenoxy) is 2. The smallest absolute Gasteiger partial charge is 0.305 e. The number of Topliss-reactive ketones (excluding diaryl/α,β-unsaturated/α-hetero) is 1. The molecule has 5 rings (SSSR count). The van der Waals surface area contributed by atoms with E-state index < -0.39 is 89.0 Å². The summed E-state index contributed by atoms with van der Waals surface area (Å²) in [7, 11) is 0. The molecule has 1 fully saturated rings. The van der Waals surface area contributed by atoms with E-state index in [0.29, 0.717) is 30.0 Å². The van der Waals surface area contributed by atoms with E-state index in [-0.39, 0.29) is 25.3 Å². The number of benzene rings is 4. The van der Waals surface area contributed by atoms with Crippen LogP contribution in [0.25, 0.3) is 0 Å². The molecule has 1 aliphatic rings. The fourth-order valence-corrected chi connectivity index (χ4v) is 5.74. The summed E-state index contributed by atoms with van der Waals surface area (Å²) in [5, 5.41) is 17.1. The van der Waals surface area contributed by atoms with Crippen LogP contribution in [0.1, 0.15) is 37.7 Å². The van der Waals surface area contributed by atoms with E-state index >= 15 is 0 Å². The normalized spacial score (nSPS) is 14.1. The zero-order valence-electron chi connectivity index (χ0n) is 28.6. The number of hydrogen-bond acceptors (Lipinski definition) is 7. The van der Waals surface area contributed by atoms with Crippen molar-refractivity contribution in [2.45, 2.75) is 50.6 Å². The van der Waals surface area contributed by atoms with Crippen molar-refractivity contribution in [2.75, 3.05) is 11.9 Å². The second kappa shape index (κ2) is 17.5. The van der Waals surface area contributed by atoms with Crippen molar-refractivity contribution in [3.63, 3.8) is 0 Å². The Kier molecular flexibility index (Phi) is 12.6. The molecule has 282 valence electrons. The van der Waals surface area contributed by atoms with E-state index in [9.17, 15) is 46.6 Å². The highest BCUT2D eigenvalue weighted by Gasteiger charge is 2.52. The molecule has 0 radical (unpaired) electrons. The van der Waals surface area contributed by atoms with Crippen LogP contribution in [-0.2, 0) is 30.4 Å². The molecule has 4 N–H and O–H groups in total. The van der Waals surface area contributed by atoms with Gasteiger partial charge in [-0.25, -0.2) is 8.78 Å². The van der Waals surface area contributed by atoms with Gasteiger partial charge in [0.05, 0.1) is 6.42 Å². The molecule has 1 aliphatic carbocycles. The number of carboxylic acids is 1. The van der Waals surface area contributed by atoms with Gasteiger partial charge in [-0.05, 0) is 55.5 Å². The quantitative estimate of drug-likeness (QED) is 0.0593. The van der Waals surface area contributed by atoms with Crippen molar-refractivity contribution in [2.24, 2.45) is 5.41 Å². The summed E-state index contributed by atoms with van der Waals surface area (Å²) in [6, 6.07) is 21.6. The number of aryl methyl sites for hydroxylation is 1. The number of para-hydroxylation sites is 1. The van der Waals surface area contributed by atoms with Crippen LogP contribution in [0.2, 0.25) is 0 Å². The van der Waals surface area contributed by atoms with Crippen LogP contribution < -0.4 is 25.4 Å². The molecule has 0 bridgehead atoms. The number of nitrogens with one attached hydrogen (secondary N) is 3. The Labute approximate surface area is 306 Å². The Balaban J connectivity index is 1.30. The van der Waals surface area contributed by atoms with Crippen molar-refractivity contribution < 1.29 is 56.1 Å². The molecule has 0 aromatic heterocycles. The van der Waals surface area contributed by atoms with E-state index in [1.165, 1.54) is 0 Å². The molecule has 2 atom stereocenters. The number of hydrogen-bond donors (Lipinski definition) is 4. The summed E-state index contributed by atoms with van der Waals surface area (Å²) in [6.45, 7) is -1.28. The third-order valence-electron chi connectivity index (χ3n) is 8.85. The molecule has 4 aromatic carbocycles. The summed E-state index contributed by atoms with van der Waals surface area (Å²) in [6.07, 6.45) is -0.171. The lowest BCUT2D eigenvalue weighted by molar-refractivity contribution is -0.152. The van der Waals surface area contributed by atoms with Gasteiger partial charge in [0.25, 0.3) is 0 Å². The van der Waals surface area contributed by atoms with E-state index in [4.69, 9.17) is 4.74 Å². The molecule has 0 aliphatic heterocycles. The number of ketones is 1. The maximum Gasteiger partial charge on any atom is 0.305 e. The first-order valence-corrected chi connectivity index (χ1v) is 16.9. The number of halogens is 4. The van der Waals surface area contributed by atoms with Crippen LogP contribution in [0.4, 0.5) is 23.2 Å². The predicted molar refractivity (Wildman–Crippen MR) is 186 cm³/mol. The number of carbonyl (C=O) groups is 5. The van der Waals surface area contributed by atoms with Gasteiger partial charge in [-0.2, -0.15) is 8.78 Å². The number of amides is 3. The zero-order chi connectivity index (χ0) is 38.8. The van der Waals surface area contributed by atoms with Crippen LogP contribution in [0.15, 0.2) is 91.0 Å². The maximum atomic E-state index is 14.1. The van der Waals surface area contributed by atoms with Crippen molar-refractivity contribution in [3.8, 4) is 17.2 Å². The average molecular weight is 750 g/mol. The molecule has 1 saturated carbocycles. The Hall–Kier alpha value is -6.25. The lowest BCUT2D eigenvalue weighted by atomic mass is 9.67. The third-order valence-corrected chi connectivity index (χ3v) is 8.85. The van der Waals surface area contributed by atoms with Crippen molar-refractivity contribution in [3.05, 3.63) is 120 Å². The molecule has 0 saturated heterocycles. The molecule has 4 aromatic rings. The Morgan fingerprint density at radius 3 is 1.93 bits per heavy atom. The summed E-state index contributed by atoms with van der Waals surface area (Å²) >= 11 is 0. The van der Waals surface area contributed by atoms with Crippen LogP contribution in [0.3, 0.4) is 0 Å². The van der Waals surface area contributed by atoms with Gasteiger partial charge in [0, 0.05) is 17.8 Å². The molecule has 3 amide bonds. The highest BCUT2D eigenvalue weighted by atomic mass is 19.2. The first-order chi connectivity index (χ1) is 25.9. The number of carboxylic acid groups (broad SMARTS) is 1. The van der Waals surface area contributed by atoms with E-state index in [1.807, 2.05) is 36.4 Å². The maximum absolute atomic E-state index is 14.1. The Morgan fingerprint density at radius 2 is 1.33 bits per heavy atom. The van der Waals surface area contributed by atoms with Crippen LogP contribution in [0.5, 0.6) is 17.2 Å². The molecule has 54 heavy (non-hydrogen) atoms. The summed E-state index contributed by atoms with van der Waals surface area (Å²) < 4.78 is 66.0. The van der Waals surface area contributed by atoms with Crippen molar-refractivity contribution in [1.29, 1.82) is 0 Å². The van der Waals surface area contributed by atoms with Gasteiger partial charge < -0.3 is 30.5 Å². The topological polar surface area (TPSA) is 160 Å². The van der Waals surface area contributed by atoms with Gasteiger partial charge in [0.2, 0.25) is 29.4 Å². The minimum atomic E-state index is -1.93. The second-order valence-corrected chi connectivity index (χ2v) is 12.6. The van der Waals surface area contributed by atoms with Gasteiger partial charge in [-0.15, -0.1) is 0 Å². The number of anilines is 1. The van der Waals surface area contributed by atoms with Crippen molar-refractivity contribution in [1.82, 2.24) is 10.6 Å². The SMILES string of the molecule is O=C(O)CC(NC(=O)C1(C(=O)NC(CCc2ccccc2)C(=O)Nc2cccc(Oc3ccccc3)c2)CCC1)C(=O)COc1c(F)c(F)cc(F)c1F.